The van der Waals surface area contributed by atoms with Gasteiger partial charge in [-0.3, -0.25) is 14.4 Å². The SMILES string of the molecule is CCCCCCCC[C@H]1OC(=O)[C@@H](C(=O)C(C)(C)C)[C@@H]1C(=O)C(C)(C)C. The van der Waals surface area contributed by atoms with Gasteiger partial charge in [0.1, 0.15) is 17.8 Å². The van der Waals surface area contributed by atoms with Crippen molar-refractivity contribution in [2.75, 3.05) is 0 Å². The van der Waals surface area contributed by atoms with Gasteiger partial charge in [-0.05, 0) is 12.8 Å². The summed E-state index contributed by atoms with van der Waals surface area (Å²) in [6, 6.07) is 0. The van der Waals surface area contributed by atoms with Crippen LogP contribution >= 0.6 is 0 Å². The predicted octanol–water partition coefficient (Wildman–Crippen LogP) is 5.13. The molecule has 1 fully saturated rings. The van der Waals surface area contributed by atoms with Gasteiger partial charge in [0.15, 0.2) is 5.78 Å². The van der Waals surface area contributed by atoms with Gasteiger partial charge >= 0.3 is 5.97 Å². The van der Waals surface area contributed by atoms with Crippen LogP contribution in [0.3, 0.4) is 0 Å². The molecule has 1 saturated heterocycles. The highest BCUT2D eigenvalue weighted by atomic mass is 16.6. The zero-order chi connectivity index (χ0) is 20.1. The van der Waals surface area contributed by atoms with Gasteiger partial charge < -0.3 is 4.74 Å². The summed E-state index contributed by atoms with van der Waals surface area (Å²) < 4.78 is 5.57. The molecule has 0 radical (unpaired) electrons. The molecule has 0 aromatic heterocycles. The molecule has 0 amide bonds. The van der Waals surface area contributed by atoms with Gasteiger partial charge in [-0.1, -0.05) is 80.6 Å². The number of unbranched alkanes of at least 4 members (excludes halogenated alkanes) is 5. The third-order valence-corrected chi connectivity index (χ3v) is 5.19. The number of ketones is 2. The van der Waals surface area contributed by atoms with Crippen molar-refractivity contribution in [3.63, 3.8) is 0 Å². The Labute approximate surface area is 159 Å². The van der Waals surface area contributed by atoms with Crippen molar-refractivity contribution >= 4 is 17.5 Å². The third kappa shape index (κ3) is 5.92. The second-order valence-electron chi connectivity index (χ2n) is 9.76. The summed E-state index contributed by atoms with van der Waals surface area (Å²) >= 11 is 0. The normalized spacial score (nSPS) is 23.8. The zero-order valence-electron chi connectivity index (χ0n) is 17.8. The number of ether oxygens (including phenoxy) is 1. The second kappa shape index (κ2) is 9.14. The van der Waals surface area contributed by atoms with E-state index in [1.54, 1.807) is 20.8 Å². The third-order valence-electron chi connectivity index (χ3n) is 5.19. The van der Waals surface area contributed by atoms with E-state index in [4.69, 9.17) is 4.74 Å². The van der Waals surface area contributed by atoms with Crippen molar-refractivity contribution in [1.29, 1.82) is 0 Å². The molecule has 1 heterocycles. The van der Waals surface area contributed by atoms with Crippen LogP contribution in [0.5, 0.6) is 0 Å². The summed E-state index contributed by atoms with van der Waals surface area (Å²) in [5.41, 5.74) is -1.27. The fourth-order valence-electron chi connectivity index (χ4n) is 3.58. The molecule has 0 spiro atoms. The smallest absolute Gasteiger partial charge is 0.317 e. The molecular formula is C22H38O4. The Kier molecular flexibility index (Phi) is 8.04. The Morgan fingerprint density at radius 3 is 1.85 bits per heavy atom. The van der Waals surface area contributed by atoms with Crippen LogP contribution in [0.4, 0.5) is 0 Å². The van der Waals surface area contributed by atoms with E-state index in [0.717, 1.165) is 19.3 Å². The highest BCUT2D eigenvalue weighted by Gasteiger charge is 2.55. The van der Waals surface area contributed by atoms with Gasteiger partial charge in [0.2, 0.25) is 0 Å². The molecule has 0 aromatic carbocycles. The van der Waals surface area contributed by atoms with Gasteiger partial charge in [-0.15, -0.1) is 0 Å². The number of hydrogen-bond donors (Lipinski definition) is 0. The summed E-state index contributed by atoms with van der Waals surface area (Å²) in [4.78, 5) is 38.4. The standard InChI is InChI=1S/C22H38O4/c1-8-9-10-11-12-13-14-15-16(18(23)21(2,3)4)17(20(25)26-15)19(24)22(5,6)7/h15-17H,8-14H2,1-7H3/t15-,16-,17-/m1/s1. The first-order valence-electron chi connectivity index (χ1n) is 10.2. The van der Waals surface area contributed by atoms with Crippen LogP contribution in [0.25, 0.3) is 0 Å². The number of carbonyl (C=O) groups is 3. The highest BCUT2D eigenvalue weighted by Crippen LogP contribution is 2.40. The fraction of sp³-hybridized carbons (Fsp3) is 0.864. The van der Waals surface area contributed by atoms with E-state index in [-0.39, 0.29) is 11.6 Å². The lowest BCUT2D eigenvalue weighted by atomic mass is 9.70. The molecule has 4 heteroatoms. The lowest BCUT2D eigenvalue weighted by Crippen LogP contribution is -2.43. The minimum absolute atomic E-state index is 0.0399. The Morgan fingerprint density at radius 2 is 1.35 bits per heavy atom. The van der Waals surface area contributed by atoms with Crippen molar-refractivity contribution < 1.29 is 19.1 Å². The minimum Gasteiger partial charge on any atom is -0.461 e. The summed E-state index contributed by atoms with van der Waals surface area (Å²) in [6.07, 6.45) is 7.03. The van der Waals surface area contributed by atoms with Crippen molar-refractivity contribution in [2.24, 2.45) is 22.7 Å². The lowest BCUT2D eigenvalue weighted by Gasteiger charge is -2.29. The van der Waals surface area contributed by atoms with Gasteiger partial charge in [-0.25, -0.2) is 0 Å². The average molecular weight is 367 g/mol. The molecule has 4 nitrogen and oxygen atoms in total. The van der Waals surface area contributed by atoms with Crippen molar-refractivity contribution in [3.8, 4) is 0 Å². The maximum atomic E-state index is 13.1. The minimum atomic E-state index is -0.952. The van der Waals surface area contributed by atoms with Gasteiger partial charge in [0, 0.05) is 10.8 Å². The van der Waals surface area contributed by atoms with Gasteiger partial charge in [-0.2, -0.15) is 0 Å². The van der Waals surface area contributed by atoms with Crippen LogP contribution in [0, 0.1) is 22.7 Å². The van der Waals surface area contributed by atoms with Crippen molar-refractivity contribution in [1.82, 2.24) is 0 Å². The van der Waals surface area contributed by atoms with Gasteiger partial charge in [0.05, 0.1) is 5.92 Å². The molecule has 26 heavy (non-hydrogen) atoms. The van der Waals surface area contributed by atoms with E-state index >= 15 is 0 Å². The largest absolute Gasteiger partial charge is 0.461 e. The molecule has 0 aromatic rings. The van der Waals surface area contributed by atoms with Crippen LogP contribution in [0.15, 0.2) is 0 Å². The summed E-state index contributed by atoms with van der Waals surface area (Å²) in [5, 5.41) is 0. The second-order valence-corrected chi connectivity index (χ2v) is 9.76. The Bertz CT molecular complexity index is 507. The molecule has 0 aliphatic carbocycles. The molecule has 0 bridgehead atoms. The number of Topliss-reactive ketones (excluding diaryl/α,β-unsaturated/α-hetero) is 2. The van der Waals surface area contributed by atoms with Crippen LogP contribution in [0.1, 0.15) is 93.4 Å². The van der Waals surface area contributed by atoms with E-state index in [2.05, 4.69) is 6.92 Å². The highest BCUT2D eigenvalue weighted by molar-refractivity contribution is 6.08. The van der Waals surface area contributed by atoms with E-state index in [1.807, 2.05) is 20.8 Å². The first-order valence-corrected chi connectivity index (χ1v) is 10.2. The molecule has 1 aliphatic heterocycles. The molecule has 3 atom stereocenters. The van der Waals surface area contributed by atoms with Crippen LogP contribution in [-0.2, 0) is 19.1 Å². The molecule has 150 valence electrons. The van der Waals surface area contributed by atoms with E-state index in [0.29, 0.717) is 6.42 Å². The monoisotopic (exact) mass is 366 g/mol. The summed E-state index contributed by atoms with van der Waals surface area (Å²) in [7, 11) is 0. The molecule has 0 saturated carbocycles. The van der Waals surface area contributed by atoms with Crippen molar-refractivity contribution in [3.05, 3.63) is 0 Å². The van der Waals surface area contributed by atoms with Crippen LogP contribution in [-0.4, -0.2) is 23.6 Å². The van der Waals surface area contributed by atoms with E-state index in [9.17, 15) is 14.4 Å². The predicted molar refractivity (Wildman–Crippen MR) is 104 cm³/mol. The quantitative estimate of drug-likeness (QED) is 0.322. The van der Waals surface area contributed by atoms with E-state index < -0.39 is 34.7 Å². The number of carbonyl (C=O) groups excluding carboxylic acids is 3. The summed E-state index contributed by atoms with van der Waals surface area (Å²) in [5.74, 6) is -2.34. The number of hydrogen-bond acceptors (Lipinski definition) is 4. The van der Waals surface area contributed by atoms with E-state index in [1.165, 1.54) is 19.3 Å². The van der Waals surface area contributed by atoms with Crippen molar-refractivity contribution in [2.45, 2.75) is 99.5 Å². The van der Waals surface area contributed by atoms with Crippen LogP contribution in [0.2, 0.25) is 0 Å². The number of rotatable bonds is 9. The zero-order valence-corrected chi connectivity index (χ0v) is 17.8. The Hall–Kier alpha value is -1.19. The van der Waals surface area contributed by atoms with Crippen LogP contribution < -0.4 is 0 Å². The number of esters is 1. The molecule has 0 N–H and O–H groups in total. The maximum Gasteiger partial charge on any atom is 0.317 e. The Balaban J connectivity index is 2.90. The lowest BCUT2D eigenvalue weighted by molar-refractivity contribution is -0.149. The number of cyclic esters (lactones) is 1. The first kappa shape index (κ1) is 22.9. The topological polar surface area (TPSA) is 60.4 Å². The average Bonchev–Trinajstić information content (AvgIpc) is 2.83. The molecule has 1 rings (SSSR count). The first-order chi connectivity index (χ1) is 11.9. The summed E-state index contributed by atoms with van der Waals surface area (Å²) in [6.45, 7) is 13.1. The fourth-order valence-corrected chi connectivity index (χ4v) is 3.58. The molecule has 0 unspecified atom stereocenters. The molecule has 1 aliphatic rings. The maximum absolute atomic E-state index is 13.1. The molecular weight excluding hydrogens is 328 g/mol. The Morgan fingerprint density at radius 1 is 0.846 bits per heavy atom. The van der Waals surface area contributed by atoms with Gasteiger partial charge in [0.25, 0.3) is 0 Å².